The molecule has 0 radical (unpaired) electrons. The lowest BCUT2D eigenvalue weighted by molar-refractivity contribution is -0.138. The zero-order chi connectivity index (χ0) is 10.8. The van der Waals surface area contributed by atoms with E-state index < -0.39 is 17.5 Å². The van der Waals surface area contributed by atoms with E-state index in [1.165, 1.54) is 0 Å². The van der Waals surface area contributed by atoms with Crippen molar-refractivity contribution in [2.45, 2.75) is 12.6 Å². The SMILES string of the molecule is N#CCc1ccc(O)cc1C(F)(F)F. The maximum absolute atomic E-state index is 12.3. The lowest BCUT2D eigenvalue weighted by Gasteiger charge is -2.10. The number of phenols is 1. The number of hydrogen-bond donors (Lipinski definition) is 1. The Kier molecular flexibility index (Phi) is 2.65. The van der Waals surface area contributed by atoms with Crippen LogP contribution in [0.25, 0.3) is 0 Å². The van der Waals surface area contributed by atoms with Gasteiger partial charge in [-0.25, -0.2) is 0 Å². The fourth-order valence-corrected chi connectivity index (χ4v) is 1.07. The van der Waals surface area contributed by atoms with Crippen LogP contribution in [0.1, 0.15) is 11.1 Å². The molecule has 5 heteroatoms. The molecule has 0 amide bonds. The summed E-state index contributed by atoms with van der Waals surface area (Å²) in [6, 6.07) is 4.48. The summed E-state index contributed by atoms with van der Waals surface area (Å²) in [7, 11) is 0. The lowest BCUT2D eigenvalue weighted by Crippen LogP contribution is -2.08. The molecule has 0 aromatic heterocycles. The topological polar surface area (TPSA) is 44.0 Å². The van der Waals surface area contributed by atoms with Crippen LogP contribution in [0, 0.1) is 11.3 Å². The van der Waals surface area contributed by atoms with Crippen LogP contribution >= 0.6 is 0 Å². The van der Waals surface area contributed by atoms with Crippen molar-refractivity contribution in [1.29, 1.82) is 5.26 Å². The number of benzene rings is 1. The summed E-state index contributed by atoms with van der Waals surface area (Å²) in [5.74, 6) is -0.459. The standard InChI is InChI=1S/C9H6F3NO/c10-9(11,12)8-5-7(14)2-1-6(8)3-4-13/h1-2,5,14H,3H2. The first-order chi connectivity index (χ1) is 6.45. The highest BCUT2D eigenvalue weighted by atomic mass is 19.4. The second-order valence-corrected chi connectivity index (χ2v) is 2.67. The number of alkyl halides is 3. The lowest BCUT2D eigenvalue weighted by atomic mass is 10.0. The molecule has 0 atom stereocenters. The van der Waals surface area contributed by atoms with Crippen molar-refractivity contribution in [2.24, 2.45) is 0 Å². The van der Waals surface area contributed by atoms with Gasteiger partial charge in [0.15, 0.2) is 0 Å². The van der Waals surface area contributed by atoms with Gasteiger partial charge in [-0.1, -0.05) is 6.07 Å². The van der Waals surface area contributed by atoms with E-state index in [9.17, 15) is 13.2 Å². The zero-order valence-corrected chi connectivity index (χ0v) is 6.97. The largest absolute Gasteiger partial charge is 0.508 e. The average molecular weight is 201 g/mol. The second kappa shape index (κ2) is 3.58. The van der Waals surface area contributed by atoms with E-state index in [1.54, 1.807) is 6.07 Å². The third-order valence-electron chi connectivity index (χ3n) is 1.67. The summed E-state index contributed by atoms with van der Waals surface area (Å²) in [6.45, 7) is 0. The van der Waals surface area contributed by atoms with E-state index >= 15 is 0 Å². The van der Waals surface area contributed by atoms with Gasteiger partial charge < -0.3 is 5.11 Å². The summed E-state index contributed by atoms with van der Waals surface area (Å²) in [5.41, 5.74) is -1.09. The first-order valence-corrected chi connectivity index (χ1v) is 3.71. The number of nitriles is 1. The maximum atomic E-state index is 12.3. The van der Waals surface area contributed by atoms with Crippen molar-refractivity contribution in [1.82, 2.24) is 0 Å². The summed E-state index contributed by atoms with van der Waals surface area (Å²) in [5, 5.41) is 17.2. The number of hydrogen-bond acceptors (Lipinski definition) is 2. The van der Waals surface area contributed by atoms with Gasteiger partial charge in [0.05, 0.1) is 18.1 Å². The normalized spacial score (nSPS) is 11.0. The van der Waals surface area contributed by atoms with Gasteiger partial charge in [-0.15, -0.1) is 0 Å². The third kappa shape index (κ3) is 2.16. The highest BCUT2D eigenvalue weighted by Gasteiger charge is 2.33. The number of phenolic OH excluding ortho intramolecular Hbond substituents is 1. The van der Waals surface area contributed by atoms with Crippen molar-refractivity contribution in [3.63, 3.8) is 0 Å². The Hall–Kier alpha value is -1.70. The van der Waals surface area contributed by atoms with Gasteiger partial charge in [0.25, 0.3) is 0 Å². The Labute approximate surface area is 78.2 Å². The van der Waals surface area contributed by atoms with Gasteiger partial charge in [0, 0.05) is 0 Å². The van der Waals surface area contributed by atoms with Crippen LogP contribution < -0.4 is 0 Å². The van der Waals surface area contributed by atoms with E-state index in [1.807, 2.05) is 0 Å². The molecule has 0 saturated heterocycles. The van der Waals surface area contributed by atoms with Crippen LogP contribution in [0.4, 0.5) is 13.2 Å². The molecule has 14 heavy (non-hydrogen) atoms. The zero-order valence-electron chi connectivity index (χ0n) is 6.97. The molecule has 0 aliphatic carbocycles. The Bertz CT molecular complexity index is 379. The van der Waals surface area contributed by atoms with Gasteiger partial charge in [0.1, 0.15) is 5.75 Å². The first-order valence-electron chi connectivity index (χ1n) is 3.71. The maximum Gasteiger partial charge on any atom is 0.416 e. The molecule has 0 bridgehead atoms. The third-order valence-corrected chi connectivity index (χ3v) is 1.67. The predicted octanol–water partition coefficient (Wildman–Crippen LogP) is 2.48. The van der Waals surface area contributed by atoms with E-state index in [0.717, 1.165) is 12.1 Å². The molecule has 1 N–H and O–H groups in total. The molecule has 0 fully saturated rings. The van der Waals surface area contributed by atoms with E-state index in [4.69, 9.17) is 10.4 Å². The van der Waals surface area contributed by atoms with Gasteiger partial charge in [-0.05, 0) is 17.7 Å². The smallest absolute Gasteiger partial charge is 0.416 e. The molecule has 2 nitrogen and oxygen atoms in total. The van der Waals surface area contributed by atoms with E-state index in [2.05, 4.69) is 0 Å². The molecule has 0 spiro atoms. The minimum Gasteiger partial charge on any atom is -0.508 e. The summed E-state index contributed by atoms with van der Waals surface area (Å²) >= 11 is 0. The Morgan fingerprint density at radius 1 is 1.36 bits per heavy atom. The number of aromatic hydroxyl groups is 1. The predicted molar refractivity (Wildman–Crippen MR) is 42.4 cm³/mol. The first kappa shape index (κ1) is 10.4. The van der Waals surface area contributed by atoms with Gasteiger partial charge in [-0.2, -0.15) is 18.4 Å². The average Bonchev–Trinajstić information content (AvgIpc) is 2.07. The van der Waals surface area contributed by atoms with Crippen molar-refractivity contribution in [2.75, 3.05) is 0 Å². The Balaban J connectivity index is 3.24. The number of rotatable bonds is 1. The molecule has 1 aromatic rings. The molecular formula is C9H6F3NO. The van der Waals surface area contributed by atoms with Crippen molar-refractivity contribution < 1.29 is 18.3 Å². The Morgan fingerprint density at radius 2 is 2.00 bits per heavy atom. The summed E-state index contributed by atoms with van der Waals surface area (Å²) < 4.78 is 37.0. The van der Waals surface area contributed by atoms with Crippen LogP contribution in [0.15, 0.2) is 18.2 Å². The van der Waals surface area contributed by atoms with E-state index in [-0.39, 0.29) is 12.0 Å². The van der Waals surface area contributed by atoms with Gasteiger partial charge in [0.2, 0.25) is 0 Å². The molecule has 1 rings (SSSR count). The molecule has 1 aromatic carbocycles. The molecular weight excluding hydrogens is 195 g/mol. The molecule has 0 saturated carbocycles. The quantitative estimate of drug-likeness (QED) is 0.758. The highest BCUT2D eigenvalue weighted by molar-refractivity contribution is 5.38. The van der Waals surface area contributed by atoms with Gasteiger partial charge >= 0.3 is 6.18 Å². The van der Waals surface area contributed by atoms with Gasteiger partial charge in [-0.3, -0.25) is 0 Å². The fourth-order valence-electron chi connectivity index (χ4n) is 1.07. The van der Waals surface area contributed by atoms with E-state index in [0.29, 0.717) is 6.07 Å². The molecule has 0 unspecified atom stereocenters. The minimum absolute atomic E-state index is 0.127. The molecule has 0 aliphatic rings. The number of nitrogens with zero attached hydrogens (tertiary/aromatic N) is 1. The highest BCUT2D eigenvalue weighted by Crippen LogP contribution is 2.34. The van der Waals surface area contributed by atoms with Crippen LogP contribution in [-0.2, 0) is 12.6 Å². The molecule has 0 aliphatic heterocycles. The Morgan fingerprint density at radius 3 is 2.50 bits per heavy atom. The van der Waals surface area contributed by atoms with Crippen molar-refractivity contribution in [3.05, 3.63) is 29.3 Å². The number of halogens is 3. The summed E-state index contributed by atoms with van der Waals surface area (Å²) in [6.07, 6.45) is -4.86. The van der Waals surface area contributed by atoms with Crippen LogP contribution in [-0.4, -0.2) is 5.11 Å². The second-order valence-electron chi connectivity index (χ2n) is 2.67. The van der Waals surface area contributed by atoms with Crippen LogP contribution in [0.5, 0.6) is 5.75 Å². The van der Waals surface area contributed by atoms with Crippen LogP contribution in [0.2, 0.25) is 0 Å². The monoisotopic (exact) mass is 201 g/mol. The van der Waals surface area contributed by atoms with Crippen molar-refractivity contribution in [3.8, 4) is 11.8 Å². The van der Waals surface area contributed by atoms with Crippen LogP contribution in [0.3, 0.4) is 0 Å². The molecule has 74 valence electrons. The molecule has 0 heterocycles. The van der Waals surface area contributed by atoms with Crippen molar-refractivity contribution >= 4 is 0 Å². The fraction of sp³-hybridized carbons (Fsp3) is 0.222. The minimum atomic E-state index is -4.54. The summed E-state index contributed by atoms with van der Waals surface area (Å²) in [4.78, 5) is 0.